The van der Waals surface area contributed by atoms with Crippen LogP contribution in [0.5, 0.6) is 0 Å². The van der Waals surface area contributed by atoms with E-state index in [1.165, 1.54) is 186 Å². The first kappa shape index (κ1) is 47.9. The number of unbranched alkanes of at least 4 members (excludes halogenated alkanes) is 29. The van der Waals surface area contributed by atoms with Crippen molar-refractivity contribution >= 4 is 11.9 Å². The Hall–Kier alpha value is -1.10. The Morgan fingerprint density at radius 3 is 0.980 bits per heavy atom. The average Bonchev–Trinajstić information content (AvgIpc) is 3.10. The zero-order chi connectivity index (χ0) is 35.9. The normalized spacial score (nSPS) is 12.7. The summed E-state index contributed by atoms with van der Waals surface area (Å²) < 4.78 is 10.4. The molecule has 0 saturated carbocycles. The molecule has 0 aliphatic heterocycles. The van der Waals surface area contributed by atoms with E-state index >= 15 is 0 Å². The van der Waals surface area contributed by atoms with Crippen LogP contribution in [0.25, 0.3) is 0 Å². The maximum absolute atomic E-state index is 12.0. The molecule has 0 aromatic rings. The van der Waals surface area contributed by atoms with E-state index in [0.29, 0.717) is 12.8 Å². The molecule has 0 aliphatic rings. The lowest BCUT2D eigenvalue weighted by molar-refractivity contribution is -0.152. The molecule has 0 saturated heterocycles. The van der Waals surface area contributed by atoms with Gasteiger partial charge in [0.2, 0.25) is 0 Å². The molecule has 0 aromatic carbocycles. The lowest BCUT2D eigenvalue weighted by Gasteiger charge is -2.12. The Morgan fingerprint density at radius 2 is 0.694 bits per heavy atom. The molecule has 0 aliphatic carbocycles. The van der Waals surface area contributed by atoms with E-state index in [-0.39, 0.29) is 25.2 Å². The first-order valence-electron chi connectivity index (χ1n) is 22.0. The fraction of sp³-hybridized carbons (Fsp3) is 0.955. The van der Waals surface area contributed by atoms with Gasteiger partial charge in [-0.2, -0.15) is 0 Å². The number of carbonyl (C=O) groups is 2. The number of esters is 2. The molecule has 0 radical (unpaired) electrons. The second-order valence-corrected chi connectivity index (χ2v) is 15.4. The molecule has 49 heavy (non-hydrogen) atoms. The van der Waals surface area contributed by atoms with Gasteiger partial charge in [-0.25, -0.2) is 0 Å². The van der Waals surface area contributed by atoms with Crippen LogP contribution in [0, 0.1) is 5.92 Å². The van der Waals surface area contributed by atoms with Crippen LogP contribution in [0.15, 0.2) is 0 Å². The van der Waals surface area contributed by atoms with Gasteiger partial charge in [-0.05, 0) is 18.8 Å². The summed E-state index contributed by atoms with van der Waals surface area (Å²) in [5.74, 6) is 0.356. The van der Waals surface area contributed by atoms with E-state index in [1.807, 2.05) is 0 Å². The molecule has 1 N–H and O–H groups in total. The molecule has 0 aromatic heterocycles. The summed E-state index contributed by atoms with van der Waals surface area (Å²) in [6.07, 6.45) is 43.0. The number of aliphatic hydroxyl groups is 1. The number of aliphatic hydroxyl groups excluding tert-OH is 1. The van der Waals surface area contributed by atoms with Gasteiger partial charge in [-0.3, -0.25) is 9.59 Å². The Morgan fingerprint density at radius 1 is 0.429 bits per heavy atom. The lowest BCUT2D eigenvalue weighted by Crippen LogP contribution is -2.25. The maximum Gasteiger partial charge on any atom is 0.305 e. The van der Waals surface area contributed by atoms with Crippen molar-refractivity contribution in [3.05, 3.63) is 0 Å². The lowest BCUT2D eigenvalue weighted by atomic mass is 9.99. The highest BCUT2D eigenvalue weighted by Crippen LogP contribution is 2.17. The maximum atomic E-state index is 12.0. The highest BCUT2D eigenvalue weighted by atomic mass is 16.6. The topological polar surface area (TPSA) is 72.8 Å². The third kappa shape index (κ3) is 39.5. The van der Waals surface area contributed by atoms with Gasteiger partial charge in [-0.1, -0.05) is 220 Å². The molecule has 5 heteroatoms. The highest BCUT2D eigenvalue weighted by molar-refractivity contribution is 5.69. The number of carbonyl (C=O) groups excluding carboxylic acids is 2. The third-order valence-corrected chi connectivity index (χ3v) is 10.4. The van der Waals surface area contributed by atoms with Crippen molar-refractivity contribution in [2.24, 2.45) is 5.92 Å². The largest absolute Gasteiger partial charge is 0.463 e. The standard InChI is InChI=1S/C44H86O5/c1-4-6-7-8-9-10-11-12-13-14-15-19-22-25-28-31-34-37-43(46)48-39-42(45)40-49-44(47)38-35-32-29-26-23-20-17-16-18-21-24-27-30-33-36-41(3)5-2/h41-42,45H,4-40H2,1-3H3/t41?,42-/m0/s1. The second kappa shape index (κ2) is 39.7. The SMILES string of the molecule is CCCCCCCCCCCCCCCCCCCC(=O)OC[C@H](O)COC(=O)CCCCCCCCCCCCCCCCC(C)CC. The predicted molar refractivity (Wildman–Crippen MR) is 210 cm³/mol. The van der Waals surface area contributed by atoms with E-state index in [9.17, 15) is 14.7 Å². The van der Waals surface area contributed by atoms with Crippen LogP contribution in [0.1, 0.15) is 245 Å². The van der Waals surface area contributed by atoms with Gasteiger partial charge in [0.15, 0.2) is 0 Å². The Bertz CT molecular complexity index is 680. The zero-order valence-electron chi connectivity index (χ0n) is 33.4. The van der Waals surface area contributed by atoms with Crippen molar-refractivity contribution in [3.8, 4) is 0 Å². The summed E-state index contributed by atoms with van der Waals surface area (Å²) in [4.78, 5) is 24.0. The summed E-state index contributed by atoms with van der Waals surface area (Å²) in [5.41, 5.74) is 0. The van der Waals surface area contributed by atoms with Crippen LogP contribution in [0.3, 0.4) is 0 Å². The fourth-order valence-electron chi connectivity index (χ4n) is 6.65. The van der Waals surface area contributed by atoms with Gasteiger partial charge in [0.1, 0.15) is 19.3 Å². The van der Waals surface area contributed by atoms with Crippen LogP contribution in [-0.2, 0) is 19.1 Å². The molecule has 0 fully saturated rings. The van der Waals surface area contributed by atoms with Crippen molar-refractivity contribution in [2.45, 2.75) is 252 Å². The van der Waals surface area contributed by atoms with Crippen LogP contribution in [0.2, 0.25) is 0 Å². The molecule has 0 amide bonds. The van der Waals surface area contributed by atoms with Gasteiger partial charge in [0.05, 0.1) is 0 Å². The first-order chi connectivity index (χ1) is 24.0. The van der Waals surface area contributed by atoms with E-state index in [4.69, 9.17) is 9.47 Å². The Kier molecular flexibility index (Phi) is 38.8. The van der Waals surface area contributed by atoms with E-state index in [0.717, 1.165) is 31.6 Å². The van der Waals surface area contributed by atoms with Gasteiger partial charge in [0.25, 0.3) is 0 Å². The van der Waals surface area contributed by atoms with Crippen LogP contribution in [0.4, 0.5) is 0 Å². The number of hydrogen-bond acceptors (Lipinski definition) is 5. The Balaban J connectivity index is 3.36. The van der Waals surface area contributed by atoms with Crippen molar-refractivity contribution < 1.29 is 24.2 Å². The number of rotatable bonds is 40. The smallest absolute Gasteiger partial charge is 0.305 e. The molecular weight excluding hydrogens is 608 g/mol. The van der Waals surface area contributed by atoms with Crippen molar-refractivity contribution in [3.63, 3.8) is 0 Å². The molecule has 0 spiro atoms. The summed E-state index contributed by atoms with van der Waals surface area (Å²) in [6, 6.07) is 0. The molecule has 2 atom stereocenters. The van der Waals surface area contributed by atoms with E-state index in [1.54, 1.807) is 0 Å². The zero-order valence-corrected chi connectivity index (χ0v) is 33.4. The van der Waals surface area contributed by atoms with Gasteiger partial charge >= 0.3 is 11.9 Å². The minimum atomic E-state index is -0.956. The molecule has 1 unspecified atom stereocenters. The number of hydrogen-bond donors (Lipinski definition) is 1. The van der Waals surface area contributed by atoms with Gasteiger partial charge < -0.3 is 14.6 Å². The van der Waals surface area contributed by atoms with Crippen molar-refractivity contribution in [1.29, 1.82) is 0 Å². The van der Waals surface area contributed by atoms with Gasteiger partial charge in [0, 0.05) is 12.8 Å². The van der Waals surface area contributed by atoms with Crippen molar-refractivity contribution in [1.82, 2.24) is 0 Å². The van der Waals surface area contributed by atoms with E-state index in [2.05, 4.69) is 20.8 Å². The molecule has 0 heterocycles. The molecular formula is C44H86O5. The minimum Gasteiger partial charge on any atom is -0.463 e. The van der Waals surface area contributed by atoms with E-state index < -0.39 is 6.10 Å². The second-order valence-electron chi connectivity index (χ2n) is 15.4. The van der Waals surface area contributed by atoms with Crippen molar-refractivity contribution in [2.75, 3.05) is 13.2 Å². The monoisotopic (exact) mass is 695 g/mol. The molecule has 0 rings (SSSR count). The molecule has 0 bridgehead atoms. The fourth-order valence-corrected chi connectivity index (χ4v) is 6.65. The molecule has 5 nitrogen and oxygen atoms in total. The van der Waals surface area contributed by atoms with Crippen LogP contribution >= 0.6 is 0 Å². The number of ether oxygens (including phenoxy) is 2. The summed E-state index contributed by atoms with van der Waals surface area (Å²) in [5, 5.41) is 10.0. The summed E-state index contributed by atoms with van der Waals surface area (Å²) in [7, 11) is 0. The minimum absolute atomic E-state index is 0.108. The van der Waals surface area contributed by atoms with Crippen LogP contribution in [-0.4, -0.2) is 36.4 Å². The third-order valence-electron chi connectivity index (χ3n) is 10.4. The summed E-state index contributed by atoms with van der Waals surface area (Å²) >= 11 is 0. The highest BCUT2D eigenvalue weighted by Gasteiger charge is 2.12. The Labute approximate surface area is 306 Å². The van der Waals surface area contributed by atoms with Crippen LogP contribution < -0.4 is 0 Å². The van der Waals surface area contributed by atoms with Gasteiger partial charge in [-0.15, -0.1) is 0 Å². The summed E-state index contributed by atoms with van der Waals surface area (Å²) in [6.45, 7) is 6.73. The first-order valence-corrected chi connectivity index (χ1v) is 22.0. The molecule has 292 valence electrons. The quantitative estimate of drug-likeness (QED) is 0.0510. The predicted octanol–water partition coefficient (Wildman–Crippen LogP) is 13.8. The average molecular weight is 695 g/mol.